The fraction of sp³-hybridized carbons (Fsp3) is 0.357. The number of ether oxygens (including phenoxy) is 2. The Kier molecular flexibility index (Phi) is 5.27. The van der Waals surface area contributed by atoms with E-state index >= 15 is 0 Å². The lowest BCUT2D eigenvalue weighted by molar-refractivity contribution is -0.144. The van der Waals surface area contributed by atoms with Crippen molar-refractivity contribution in [3.05, 3.63) is 42.5 Å². The quantitative estimate of drug-likeness (QED) is 0.561. The molecule has 3 nitrogen and oxygen atoms in total. The molecule has 0 spiro atoms. The summed E-state index contributed by atoms with van der Waals surface area (Å²) in [5.74, 6) is 0.283. The Morgan fingerprint density at radius 3 is 2.53 bits per heavy atom. The molecule has 0 saturated carbocycles. The van der Waals surface area contributed by atoms with Crippen molar-refractivity contribution in [3.63, 3.8) is 0 Å². The molecule has 1 aromatic carbocycles. The van der Waals surface area contributed by atoms with Crippen molar-refractivity contribution in [2.75, 3.05) is 13.7 Å². The van der Waals surface area contributed by atoms with Gasteiger partial charge < -0.3 is 9.47 Å². The third-order valence-corrected chi connectivity index (χ3v) is 2.49. The van der Waals surface area contributed by atoms with E-state index in [1.807, 2.05) is 24.3 Å². The molecule has 0 aliphatic heterocycles. The molecule has 0 radical (unpaired) electrons. The highest BCUT2D eigenvalue weighted by molar-refractivity contribution is 5.78. The van der Waals surface area contributed by atoms with Gasteiger partial charge in [0.05, 0.1) is 19.6 Å². The summed E-state index contributed by atoms with van der Waals surface area (Å²) in [7, 11) is 1.61. The van der Waals surface area contributed by atoms with Gasteiger partial charge in [0.2, 0.25) is 0 Å². The van der Waals surface area contributed by atoms with Crippen LogP contribution in [0.4, 0.5) is 0 Å². The normalized spacial score (nSPS) is 11.6. The third-order valence-electron chi connectivity index (χ3n) is 2.49. The molecule has 0 heterocycles. The average Bonchev–Trinajstić information content (AvgIpc) is 2.36. The van der Waals surface area contributed by atoms with Gasteiger partial charge in [-0.25, -0.2) is 0 Å². The molecule has 0 aliphatic rings. The first-order valence-electron chi connectivity index (χ1n) is 5.64. The minimum Gasteiger partial charge on any atom is -0.497 e. The summed E-state index contributed by atoms with van der Waals surface area (Å²) in [6.07, 6.45) is 2.30. The number of esters is 1. The number of methoxy groups -OCH3 is 1. The highest BCUT2D eigenvalue weighted by Crippen LogP contribution is 2.24. The summed E-state index contributed by atoms with van der Waals surface area (Å²) in [4.78, 5) is 11.8. The Morgan fingerprint density at radius 1 is 1.41 bits per heavy atom. The summed E-state index contributed by atoms with van der Waals surface area (Å²) in [6.45, 7) is 5.86. The van der Waals surface area contributed by atoms with Crippen LogP contribution >= 0.6 is 0 Å². The molecule has 0 saturated heterocycles. The van der Waals surface area contributed by atoms with Crippen molar-refractivity contribution in [1.29, 1.82) is 0 Å². The molecule has 0 aliphatic carbocycles. The summed E-state index contributed by atoms with van der Waals surface area (Å²) in [6, 6.07) is 7.43. The van der Waals surface area contributed by atoms with Gasteiger partial charge in [-0.05, 0) is 31.0 Å². The average molecular weight is 234 g/mol. The SMILES string of the molecule is C=CCC(C(=O)OCC)c1ccc(OC)cc1. The predicted octanol–water partition coefficient (Wildman–Crippen LogP) is 2.92. The van der Waals surface area contributed by atoms with Gasteiger partial charge >= 0.3 is 5.97 Å². The lowest BCUT2D eigenvalue weighted by Gasteiger charge is -2.14. The van der Waals surface area contributed by atoms with Gasteiger partial charge in [0.1, 0.15) is 5.75 Å². The molecule has 0 amide bonds. The zero-order valence-corrected chi connectivity index (χ0v) is 10.3. The van der Waals surface area contributed by atoms with Crippen molar-refractivity contribution in [2.24, 2.45) is 0 Å². The van der Waals surface area contributed by atoms with E-state index < -0.39 is 0 Å². The smallest absolute Gasteiger partial charge is 0.313 e. The molecule has 1 rings (SSSR count). The second-order valence-electron chi connectivity index (χ2n) is 3.60. The van der Waals surface area contributed by atoms with Crippen LogP contribution < -0.4 is 4.74 Å². The van der Waals surface area contributed by atoms with Gasteiger partial charge in [0.25, 0.3) is 0 Å². The first-order chi connectivity index (χ1) is 8.22. The molecule has 0 N–H and O–H groups in total. The van der Waals surface area contributed by atoms with Gasteiger partial charge in [0.15, 0.2) is 0 Å². The maximum Gasteiger partial charge on any atom is 0.313 e. The molecule has 0 fully saturated rings. The minimum absolute atomic E-state index is 0.211. The number of hydrogen-bond acceptors (Lipinski definition) is 3. The van der Waals surface area contributed by atoms with Crippen LogP contribution in [-0.2, 0) is 9.53 Å². The van der Waals surface area contributed by atoms with Crippen LogP contribution in [0.2, 0.25) is 0 Å². The van der Waals surface area contributed by atoms with Gasteiger partial charge in [-0.2, -0.15) is 0 Å². The van der Waals surface area contributed by atoms with Crippen LogP contribution in [0.5, 0.6) is 5.75 Å². The Balaban J connectivity index is 2.88. The van der Waals surface area contributed by atoms with Crippen molar-refractivity contribution in [2.45, 2.75) is 19.3 Å². The van der Waals surface area contributed by atoms with Crippen LogP contribution in [0.1, 0.15) is 24.8 Å². The second-order valence-corrected chi connectivity index (χ2v) is 3.60. The molecule has 0 bridgehead atoms. The number of benzene rings is 1. The van der Waals surface area contributed by atoms with E-state index in [1.165, 1.54) is 0 Å². The van der Waals surface area contributed by atoms with Gasteiger partial charge in [-0.15, -0.1) is 6.58 Å². The number of carbonyl (C=O) groups is 1. The van der Waals surface area contributed by atoms with E-state index in [9.17, 15) is 4.79 Å². The van der Waals surface area contributed by atoms with E-state index in [4.69, 9.17) is 9.47 Å². The molecular weight excluding hydrogens is 216 g/mol. The first kappa shape index (κ1) is 13.3. The zero-order valence-electron chi connectivity index (χ0n) is 10.3. The molecular formula is C14H18O3. The Labute approximate surface area is 102 Å². The van der Waals surface area contributed by atoms with Crippen molar-refractivity contribution in [3.8, 4) is 5.75 Å². The van der Waals surface area contributed by atoms with E-state index in [-0.39, 0.29) is 11.9 Å². The monoisotopic (exact) mass is 234 g/mol. The Morgan fingerprint density at radius 2 is 2.06 bits per heavy atom. The molecule has 0 aromatic heterocycles. The van der Waals surface area contributed by atoms with Crippen molar-refractivity contribution in [1.82, 2.24) is 0 Å². The molecule has 3 heteroatoms. The zero-order chi connectivity index (χ0) is 12.7. The van der Waals surface area contributed by atoms with Crippen LogP contribution in [-0.4, -0.2) is 19.7 Å². The van der Waals surface area contributed by atoms with Crippen LogP contribution in [0, 0.1) is 0 Å². The molecule has 1 aromatic rings. The van der Waals surface area contributed by atoms with Gasteiger partial charge in [-0.3, -0.25) is 4.79 Å². The van der Waals surface area contributed by atoms with E-state index in [0.29, 0.717) is 13.0 Å². The maximum atomic E-state index is 11.8. The number of allylic oxidation sites excluding steroid dienone is 1. The van der Waals surface area contributed by atoms with Gasteiger partial charge in [0, 0.05) is 0 Å². The van der Waals surface area contributed by atoms with Gasteiger partial charge in [-0.1, -0.05) is 18.2 Å². The summed E-state index contributed by atoms with van der Waals surface area (Å²) in [5.41, 5.74) is 0.921. The van der Waals surface area contributed by atoms with Crippen molar-refractivity contribution >= 4 is 5.97 Å². The third kappa shape index (κ3) is 3.63. The summed E-state index contributed by atoms with van der Waals surface area (Å²) in [5, 5.41) is 0. The summed E-state index contributed by atoms with van der Waals surface area (Å²) < 4.78 is 10.1. The van der Waals surface area contributed by atoms with E-state index in [1.54, 1.807) is 20.1 Å². The molecule has 1 unspecified atom stereocenters. The van der Waals surface area contributed by atoms with Crippen LogP contribution in [0.25, 0.3) is 0 Å². The summed E-state index contributed by atoms with van der Waals surface area (Å²) >= 11 is 0. The molecule has 92 valence electrons. The highest BCUT2D eigenvalue weighted by Gasteiger charge is 2.20. The van der Waals surface area contributed by atoms with E-state index in [2.05, 4.69) is 6.58 Å². The number of carbonyl (C=O) groups excluding carboxylic acids is 1. The standard InChI is InChI=1S/C14H18O3/c1-4-6-13(14(15)17-5-2)11-7-9-12(16-3)10-8-11/h4,7-10,13H,1,5-6H2,2-3H3. The number of hydrogen-bond donors (Lipinski definition) is 0. The van der Waals surface area contributed by atoms with Crippen LogP contribution in [0.15, 0.2) is 36.9 Å². The molecule has 1 atom stereocenters. The minimum atomic E-state index is -0.279. The van der Waals surface area contributed by atoms with E-state index in [0.717, 1.165) is 11.3 Å². The lowest BCUT2D eigenvalue weighted by atomic mass is 9.96. The fourth-order valence-electron chi connectivity index (χ4n) is 1.61. The molecule has 17 heavy (non-hydrogen) atoms. The topological polar surface area (TPSA) is 35.5 Å². The number of rotatable bonds is 6. The van der Waals surface area contributed by atoms with Crippen LogP contribution in [0.3, 0.4) is 0 Å². The maximum absolute atomic E-state index is 11.8. The fourth-order valence-corrected chi connectivity index (χ4v) is 1.61. The highest BCUT2D eigenvalue weighted by atomic mass is 16.5. The second kappa shape index (κ2) is 6.74. The first-order valence-corrected chi connectivity index (χ1v) is 5.64. The lowest BCUT2D eigenvalue weighted by Crippen LogP contribution is -2.15. The largest absolute Gasteiger partial charge is 0.497 e. The predicted molar refractivity (Wildman–Crippen MR) is 67.2 cm³/mol. The Hall–Kier alpha value is -1.77. The van der Waals surface area contributed by atoms with Crippen molar-refractivity contribution < 1.29 is 14.3 Å². The Bertz CT molecular complexity index is 368.